The zero-order chi connectivity index (χ0) is 14.4. The van der Waals surface area contributed by atoms with Crippen molar-refractivity contribution in [3.63, 3.8) is 0 Å². The monoisotopic (exact) mass is 250 g/mol. The lowest BCUT2D eigenvalue weighted by Gasteiger charge is -2.28. The Balaban J connectivity index is 4.77. The fourth-order valence-electron chi connectivity index (χ4n) is 2.01. The lowest BCUT2D eigenvalue weighted by atomic mass is 9.77. The predicted molar refractivity (Wildman–Crippen MR) is 84.8 cm³/mol. The second-order valence-corrected chi connectivity index (χ2v) is 7.25. The molecule has 0 N–H and O–H groups in total. The van der Waals surface area contributed by atoms with Gasteiger partial charge in [-0.3, -0.25) is 0 Å². The van der Waals surface area contributed by atoms with Crippen molar-refractivity contribution >= 4 is 0 Å². The molecule has 1 atom stereocenters. The van der Waals surface area contributed by atoms with Crippen LogP contribution in [0.2, 0.25) is 0 Å². The SMILES string of the molecule is CC=C(C=CC(C)C(C)(C)C)C(C)(C)CCCC. The van der Waals surface area contributed by atoms with E-state index in [-0.39, 0.29) is 0 Å². The van der Waals surface area contributed by atoms with Gasteiger partial charge in [0.05, 0.1) is 0 Å². The highest BCUT2D eigenvalue weighted by atomic mass is 14.3. The van der Waals surface area contributed by atoms with E-state index >= 15 is 0 Å². The summed E-state index contributed by atoms with van der Waals surface area (Å²) in [5.74, 6) is 0.606. The van der Waals surface area contributed by atoms with Crippen LogP contribution < -0.4 is 0 Å². The predicted octanol–water partition coefficient (Wildman–Crippen LogP) is 6.39. The number of hydrogen-bond donors (Lipinski definition) is 0. The molecule has 0 heteroatoms. The fraction of sp³-hybridized carbons (Fsp3) is 0.778. The van der Waals surface area contributed by atoms with Crippen LogP contribution in [0.25, 0.3) is 0 Å². The minimum Gasteiger partial charge on any atom is -0.0839 e. The topological polar surface area (TPSA) is 0 Å². The Bertz CT molecular complexity index is 284. The molecule has 0 aromatic rings. The van der Waals surface area contributed by atoms with Crippen LogP contribution in [0.4, 0.5) is 0 Å². The van der Waals surface area contributed by atoms with Crippen LogP contribution in [-0.4, -0.2) is 0 Å². The Kier molecular flexibility index (Phi) is 6.96. The van der Waals surface area contributed by atoms with Crippen molar-refractivity contribution in [1.82, 2.24) is 0 Å². The van der Waals surface area contributed by atoms with Crippen molar-refractivity contribution in [1.29, 1.82) is 0 Å². The fourth-order valence-corrected chi connectivity index (χ4v) is 2.01. The van der Waals surface area contributed by atoms with Crippen molar-refractivity contribution in [3.05, 3.63) is 23.8 Å². The van der Waals surface area contributed by atoms with E-state index in [4.69, 9.17) is 0 Å². The molecule has 0 amide bonds. The van der Waals surface area contributed by atoms with Crippen molar-refractivity contribution in [3.8, 4) is 0 Å². The summed E-state index contributed by atoms with van der Waals surface area (Å²) in [5, 5.41) is 0. The maximum atomic E-state index is 2.38. The molecule has 0 fully saturated rings. The highest BCUT2D eigenvalue weighted by molar-refractivity contribution is 5.25. The molecule has 106 valence electrons. The second kappa shape index (κ2) is 7.16. The molecule has 18 heavy (non-hydrogen) atoms. The summed E-state index contributed by atoms with van der Waals surface area (Å²) in [4.78, 5) is 0. The molecular weight excluding hydrogens is 216 g/mol. The molecule has 0 aromatic heterocycles. The van der Waals surface area contributed by atoms with Gasteiger partial charge in [-0.05, 0) is 35.7 Å². The minimum atomic E-state index is 0.304. The standard InChI is InChI=1S/C18H34/c1-9-11-14-18(7,8)16(10-2)13-12-15(3)17(4,5)6/h10,12-13,15H,9,11,14H2,1-8H3. The van der Waals surface area contributed by atoms with Gasteiger partial charge in [0.1, 0.15) is 0 Å². The van der Waals surface area contributed by atoms with Gasteiger partial charge in [0, 0.05) is 0 Å². The van der Waals surface area contributed by atoms with E-state index in [0.29, 0.717) is 16.7 Å². The molecule has 0 aromatic carbocycles. The lowest BCUT2D eigenvalue weighted by Crippen LogP contribution is -2.16. The summed E-state index contributed by atoms with van der Waals surface area (Å²) in [5.41, 5.74) is 2.13. The lowest BCUT2D eigenvalue weighted by molar-refractivity contribution is 0.313. The van der Waals surface area contributed by atoms with Gasteiger partial charge in [-0.1, -0.05) is 79.5 Å². The average molecular weight is 250 g/mol. The molecule has 0 radical (unpaired) electrons. The third-order valence-electron chi connectivity index (χ3n) is 4.18. The smallest absolute Gasteiger partial charge is 0.0107 e. The zero-order valence-electron chi connectivity index (χ0n) is 13.9. The van der Waals surface area contributed by atoms with Gasteiger partial charge in [0.15, 0.2) is 0 Å². The van der Waals surface area contributed by atoms with Gasteiger partial charge in [-0.25, -0.2) is 0 Å². The Morgan fingerprint density at radius 3 is 2.06 bits per heavy atom. The molecule has 0 aliphatic heterocycles. The van der Waals surface area contributed by atoms with E-state index in [1.165, 1.54) is 24.8 Å². The van der Waals surface area contributed by atoms with Gasteiger partial charge in [-0.15, -0.1) is 0 Å². The highest BCUT2D eigenvalue weighted by Gasteiger charge is 2.21. The molecular formula is C18H34. The Morgan fingerprint density at radius 1 is 1.11 bits per heavy atom. The van der Waals surface area contributed by atoms with Crippen molar-refractivity contribution in [2.24, 2.45) is 16.7 Å². The van der Waals surface area contributed by atoms with E-state index in [1.807, 2.05) is 0 Å². The normalized spacial score (nSPS) is 16.3. The van der Waals surface area contributed by atoms with Crippen LogP contribution >= 0.6 is 0 Å². The van der Waals surface area contributed by atoms with Crippen LogP contribution in [0.1, 0.15) is 74.7 Å². The van der Waals surface area contributed by atoms with Crippen molar-refractivity contribution in [2.45, 2.75) is 74.7 Å². The van der Waals surface area contributed by atoms with Crippen LogP contribution in [0.15, 0.2) is 23.8 Å². The molecule has 0 bridgehead atoms. The number of unbranched alkanes of at least 4 members (excludes halogenated alkanes) is 1. The molecule has 0 spiro atoms. The first-order valence-electron chi connectivity index (χ1n) is 7.50. The molecule has 1 unspecified atom stereocenters. The molecule has 0 nitrogen and oxygen atoms in total. The van der Waals surface area contributed by atoms with E-state index in [0.717, 1.165) is 0 Å². The third kappa shape index (κ3) is 5.89. The Morgan fingerprint density at radius 2 is 1.67 bits per heavy atom. The molecule has 0 aliphatic carbocycles. The van der Waals surface area contributed by atoms with Crippen LogP contribution in [0.5, 0.6) is 0 Å². The summed E-state index contributed by atoms with van der Waals surface area (Å²) in [6, 6.07) is 0. The number of hydrogen-bond acceptors (Lipinski definition) is 0. The first kappa shape index (κ1) is 17.5. The number of rotatable bonds is 6. The van der Waals surface area contributed by atoms with Crippen LogP contribution in [0, 0.1) is 16.7 Å². The van der Waals surface area contributed by atoms with E-state index < -0.39 is 0 Å². The summed E-state index contributed by atoms with van der Waals surface area (Å²) >= 11 is 0. The summed E-state index contributed by atoms with van der Waals surface area (Å²) in [6.45, 7) is 18.4. The average Bonchev–Trinajstić information content (AvgIpc) is 2.25. The van der Waals surface area contributed by atoms with E-state index in [1.54, 1.807) is 0 Å². The Labute approximate surface area is 116 Å². The van der Waals surface area contributed by atoms with Crippen LogP contribution in [-0.2, 0) is 0 Å². The highest BCUT2D eigenvalue weighted by Crippen LogP contribution is 2.34. The van der Waals surface area contributed by atoms with E-state index in [9.17, 15) is 0 Å². The maximum Gasteiger partial charge on any atom is -0.0107 e. The van der Waals surface area contributed by atoms with Crippen molar-refractivity contribution in [2.75, 3.05) is 0 Å². The summed E-state index contributed by atoms with van der Waals surface area (Å²) < 4.78 is 0. The van der Waals surface area contributed by atoms with Gasteiger partial charge >= 0.3 is 0 Å². The number of allylic oxidation sites excluding steroid dienone is 4. The first-order valence-corrected chi connectivity index (χ1v) is 7.50. The minimum absolute atomic E-state index is 0.304. The second-order valence-electron chi connectivity index (χ2n) is 7.25. The van der Waals surface area contributed by atoms with Gasteiger partial charge in [-0.2, -0.15) is 0 Å². The Hall–Kier alpha value is -0.520. The largest absolute Gasteiger partial charge is 0.0839 e. The molecule has 0 saturated carbocycles. The van der Waals surface area contributed by atoms with Crippen molar-refractivity contribution < 1.29 is 0 Å². The molecule has 0 aliphatic rings. The summed E-state index contributed by atoms with van der Waals surface area (Å²) in [6.07, 6.45) is 10.9. The summed E-state index contributed by atoms with van der Waals surface area (Å²) in [7, 11) is 0. The molecule has 0 heterocycles. The zero-order valence-corrected chi connectivity index (χ0v) is 13.9. The third-order valence-corrected chi connectivity index (χ3v) is 4.18. The molecule has 0 saturated heterocycles. The maximum absolute atomic E-state index is 2.38. The van der Waals surface area contributed by atoms with Gasteiger partial charge in [0.2, 0.25) is 0 Å². The van der Waals surface area contributed by atoms with Gasteiger partial charge < -0.3 is 0 Å². The van der Waals surface area contributed by atoms with Gasteiger partial charge in [0.25, 0.3) is 0 Å². The quantitative estimate of drug-likeness (QED) is 0.479. The first-order chi connectivity index (χ1) is 8.15. The van der Waals surface area contributed by atoms with E-state index in [2.05, 4.69) is 73.6 Å². The van der Waals surface area contributed by atoms with Crippen LogP contribution in [0.3, 0.4) is 0 Å². The molecule has 0 rings (SSSR count).